The predicted molar refractivity (Wildman–Crippen MR) is 174 cm³/mol. The van der Waals surface area contributed by atoms with Crippen molar-refractivity contribution in [2.45, 2.75) is 62.1 Å². The van der Waals surface area contributed by atoms with Gasteiger partial charge in [-0.15, -0.1) is 0 Å². The van der Waals surface area contributed by atoms with Gasteiger partial charge in [-0.05, 0) is 37.1 Å². The summed E-state index contributed by atoms with van der Waals surface area (Å²) >= 11 is 0. The number of esters is 1. The lowest BCUT2D eigenvalue weighted by molar-refractivity contribution is -0.214. The van der Waals surface area contributed by atoms with Crippen molar-refractivity contribution < 1.29 is 68.1 Å². The quantitative estimate of drug-likeness (QED) is 0.174. The summed E-state index contributed by atoms with van der Waals surface area (Å²) in [5, 5.41) is 59.3. The highest BCUT2D eigenvalue weighted by molar-refractivity contribution is 6.31. The van der Waals surface area contributed by atoms with Crippen LogP contribution in [-0.2, 0) is 31.0 Å². The van der Waals surface area contributed by atoms with Crippen molar-refractivity contribution in [3.63, 3.8) is 0 Å². The number of phenolic OH excluding ortho intramolecular Hbond substituents is 1. The maximum absolute atomic E-state index is 14.8. The third-order valence-electron chi connectivity index (χ3n) is 10.7. The van der Waals surface area contributed by atoms with Gasteiger partial charge in [-0.25, -0.2) is 9.59 Å². The number of nitrogens with zero attached hydrogens (tertiary/aromatic N) is 1. The summed E-state index contributed by atoms with van der Waals surface area (Å²) in [7, 11) is 3.37. The predicted octanol–water partition coefficient (Wildman–Crippen LogP) is -0.586. The molecule has 17 nitrogen and oxygen atoms in total. The Labute approximate surface area is 293 Å². The highest BCUT2D eigenvalue weighted by Crippen LogP contribution is 2.56. The molecule has 1 fully saturated rings. The molecule has 1 saturated heterocycles. The van der Waals surface area contributed by atoms with Crippen LogP contribution >= 0.6 is 0 Å². The van der Waals surface area contributed by atoms with Gasteiger partial charge in [0.05, 0.1) is 60.3 Å². The summed E-state index contributed by atoms with van der Waals surface area (Å²) in [6.45, 7) is 2.49. The van der Waals surface area contributed by atoms with Crippen LogP contribution < -0.4 is 11.1 Å². The number of phenols is 1. The number of carbonyl (C=O) groups excluding carboxylic acids is 4. The van der Waals surface area contributed by atoms with E-state index in [0.717, 1.165) is 20.3 Å². The van der Waals surface area contributed by atoms with E-state index in [2.05, 4.69) is 10.3 Å². The largest absolute Gasteiger partial charge is 0.507 e. The van der Waals surface area contributed by atoms with E-state index in [1.54, 1.807) is 6.92 Å². The molecule has 0 saturated carbocycles. The maximum atomic E-state index is 14.8. The van der Waals surface area contributed by atoms with Crippen LogP contribution in [0.4, 0.5) is 0 Å². The topological polar surface area (TPSA) is 261 Å². The number of benzene rings is 2. The molecule has 0 amide bonds. The number of nitrogens with one attached hydrogen (secondary N) is 1. The molecule has 17 heteroatoms. The molecule has 6 N–H and O–H groups in total. The van der Waals surface area contributed by atoms with Crippen LogP contribution in [-0.4, -0.2) is 118 Å². The normalized spacial score (nSPS) is 30.7. The van der Waals surface area contributed by atoms with E-state index in [9.17, 15) is 49.5 Å². The van der Waals surface area contributed by atoms with Crippen LogP contribution in [0.15, 0.2) is 27.0 Å². The van der Waals surface area contributed by atoms with Crippen LogP contribution in [0.3, 0.4) is 0 Å². The third kappa shape index (κ3) is 4.41. The fourth-order valence-electron chi connectivity index (χ4n) is 8.29. The molecule has 7 rings (SSSR count). The van der Waals surface area contributed by atoms with Gasteiger partial charge in [-0.3, -0.25) is 14.4 Å². The Morgan fingerprint density at radius 1 is 1.10 bits per heavy atom. The number of rotatable bonds is 6. The first-order valence-corrected chi connectivity index (χ1v) is 16.1. The monoisotopic (exact) mass is 722 g/mol. The Hall–Kier alpha value is -4.88. The van der Waals surface area contributed by atoms with E-state index in [1.165, 1.54) is 26.2 Å². The summed E-state index contributed by atoms with van der Waals surface area (Å²) in [6.07, 6.45) is -5.07. The second kappa shape index (κ2) is 12.1. The number of methoxy groups -OCH3 is 3. The second-order valence-electron chi connectivity index (χ2n) is 13.2. The molecule has 2 heterocycles. The molecule has 1 aromatic heterocycles. The first-order chi connectivity index (χ1) is 24.6. The lowest BCUT2D eigenvalue weighted by atomic mass is 9.56. The Morgan fingerprint density at radius 3 is 2.44 bits per heavy atom. The first kappa shape index (κ1) is 35.5. The molecule has 2 aromatic carbocycles. The molecule has 1 aliphatic heterocycles. The summed E-state index contributed by atoms with van der Waals surface area (Å²) in [4.78, 5) is 73.3. The van der Waals surface area contributed by atoms with Crippen LogP contribution in [0.25, 0.3) is 17.0 Å². The highest BCUT2D eigenvalue weighted by atomic mass is 16.6. The number of ether oxygens (including phenoxy) is 4. The summed E-state index contributed by atoms with van der Waals surface area (Å²) in [6, 6.07) is 2.34. The van der Waals surface area contributed by atoms with Crippen LogP contribution in [0.1, 0.15) is 70.7 Å². The van der Waals surface area contributed by atoms with Gasteiger partial charge in [0, 0.05) is 37.3 Å². The summed E-state index contributed by atoms with van der Waals surface area (Å²) in [5.41, 5.74) is -9.39. The molecule has 0 unspecified atom stereocenters. The van der Waals surface area contributed by atoms with Gasteiger partial charge in [0.1, 0.15) is 23.6 Å². The second-order valence-corrected chi connectivity index (χ2v) is 13.2. The fourth-order valence-corrected chi connectivity index (χ4v) is 8.29. The van der Waals surface area contributed by atoms with Gasteiger partial charge in [-0.2, -0.15) is 4.98 Å². The van der Waals surface area contributed by atoms with Crippen molar-refractivity contribution >= 4 is 40.4 Å². The molecule has 0 radical (unpaired) electrons. The number of carbonyl (C=O) groups is 4. The van der Waals surface area contributed by atoms with Gasteiger partial charge in [-0.1, -0.05) is 6.07 Å². The number of hydrogen-bond acceptors (Lipinski definition) is 17. The van der Waals surface area contributed by atoms with E-state index < -0.39 is 123 Å². The molecule has 3 aliphatic carbocycles. The minimum atomic E-state index is -3.21. The average Bonchev–Trinajstić information content (AvgIpc) is 3.08. The number of aliphatic hydroxyl groups excluding tert-OH is 3. The van der Waals surface area contributed by atoms with Crippen LogP contribution in [0.2, 0.25) is 0 Å². The van der Waals surface area contributed by atoms with Crippen molar-refractivity contribution in [3.8, 4) is 5.75 Å². The Balaban J connectivity index is 1.45. The van der Waals surface area contributed by atoms with Crippen molar-refractivity contribution in [2.24, 2.45) is 5.92 Å². The summed E-state index contributed by atoms with van der Waals surface area (Å²) in [5.74, 6) is -7.54. The molecular weight excluding hydrogens is 688 g/mol. The van der Waals surface area contributed by atoms with Crippen molar-refractivity contribution in [1.82, 2.24) is 10.3 Å². The molecule has 52 heavy (non-hydrogen) atoms. The van der Waals surface area contributed by atoms with Crippen LogP contribution in [0, 0.1) is 12.8 Å². The van der Waals surface area contributed by atoms with Crippen LogP contribution in [0.5, 0.6) is 5.75 Å². The van der Waals surface area contributed by atoms with Gasteiger partial charge >= 0.3 is 11.7 Å². The van der Waals surface area contributed by atoms with E-state index in [0.29, 0.717) is 0 Å². The van der Waals surface area contributed by atoms with E-state index in [-0.39, 0.29) is 33.5 Å². The molecule has 0 bridgehead atoms. The Bertz CT molecular complexity index is 2210. The van der Waals surface area contributed by atoms with Gasteiger partial charge in [0.25, 0.3) is 0 Å². The maximum Gasteiger partial charge on any atom is 0.439 e. The Kier molecular flexibility index (Phi) is 8.26. The fraction of sp³-hybridized carbons (Fsp3) is 0.429. The minimum absolute atomic E-state index is 0.0126. The van der Waals surface area contributed by atoms with E-state index in [4.69, 9.17) is 23.4 Å². The zero-order valence-electron chi connectivity index (χ0n) is 28.4. The van der Waals surface area contributed by atoms with Gasteiger partial charge < -0.3 is 54.2 Å². The zero-order valence-corrected chi connectivity index (χ0v) is 28.4. The number of aryl methyl sites for hydroxylation is 1. The molecular formula is C35H34N2O15. The van der Waals surface area contributed by atoms with Gasteiger partial charge in [0.15, 0.2) is 16.8 Å². The molecule has 0 spiro atoms. The molecule has 274 valence electrons. The summed E-state index contributed by atoms with van der Waals surface area (Å²) < 4.78 is 27.0. The van der Waals surface area contributed by atoms with E-state index >= 15 is 0 Å². The number of hydrogen-bond donors (Lipinski definition) is 6. The smallest absolute Gasteiger partial charge is 0.439 e. The molecule has 4 aliphatic rings. The number of aliphatic hydroxyl groups is 4. The third-order valence-corrected chi connectivity index (χ3v) is 10.7. The number of allylic oxidation sites excluding steroid dienone is 1. The minimum Gasteiger partial charge on any atom is -0.507 e. The number of aromatic hydroxyl groups is 1. The number of fused-ring (bicyclic) bond motifs is 5. The zero-order chi connectivity index (χ0) is 37.8. The molecule has 8 atom stereocenters. The first-order valence-electron chi connectivity index (χ1n) is 16.1. The SMILES string of the molecule is COC(=O)c1c(C)cc2c(c1O)[C@]1(O)C(=O)c3cc4c5c(nc(=O)oc5c3C(=O)[C@]1(OC)[C@H](O)C2)C=C(N[C@H]1O[C@@H](C)[C@H](OC)[C@@H](O)[C@H]1CO)C4=O. The lowest BCUT2D eigenvalue weighted by Gasteiger charge is -2.52. The van der Waals surface area contributed by atoms with Crippen molar-refractivity contribution in [3.05, 3.63) is 73.0 Å². The van der Waals surface area contributed by atoms with Crippen molar-refractivity contribution in [2.75, 3.05) is 27.9 Å². The number of ketones is 3. The van der Waals surface area contributed by atoms with Crippen molar-refractivity contribution in [1.29, 1.82) is 0 Å². The lowest BCUT2D eigenvalue weighted by Crippen LogP contribution is -2.73. The van der Waals surface area contributed by atoms with Gasteiger partial charge in [0.2, 0.25) is 17.3 Å². The average molecular weight is 723 g/mol. The molecule has 3 aromatic rings. The standard InChI is InChI=1S/C35H34N2O15/c1-11-6-13-7-19(39)35(50-5)30(44)22-15(29(43)34(35,47)23(13)26(42)20(11)32(45)49-4)8-14-21-17(37-33(46)52-28(21)22)9-18(24(14)40)36-31-16(10-38)25(41)27(48-3)12(2)51-31/h6,8-9,12,16,19,25,27,31,36,38-39,41-42,47H,7,10H2,1-5H3/t12-,16+,19+,25-,27-,31-,34-,35+/m0/s1. The number of aromatic nitrogens is 1. The number of Topliss-reactive ketones (excluding diaryl/α,β-unsaturated/α-hetero) is 3. The Morgan fingerprint density at radius 2 is 1.81 bits per heavy atom. The highest BCUT2D eigenvalue weighted by Gasteiger charge is 2.72. The van der Waals surface area contributed by atoms with E-state index in [1.807, 2.05) is 0 Å².